The van der Waals surface area contributed by atoms with Crippen molar-refractivity contribution < 1.29 is 19.1 Å². The van der Waals surface area contributed by atoms with Crippen LogP contribution in [0.25, 0.3) is 0 Å². The van der Waals surface area contributed by atoms with Gasteiger partial charge in [-0.3, -0.25) is 4.90 Å². The summed E-state index contributed by atoms with van der Waals surface area (Å²) in [4.78, 5) is 33.4. The number of benzene rings is 1. The van der Waals surface area contributed by atoms with E-state index in [0.29, 0.717) is 18.9 Å². The Morgan fingerprint density at radius 2 is 1.88 bits per heavy atom. The van der Waals surface area contributed by atoms with Crippen LogP contribution in [0.4, 0.5) is 15.4 Å². The summed E-state index contributed by atoms with van der Waals surface area (Å²) < 4.78 is 11.1. The number of rotatable bonds is 6. The Labute approximate surface area is 196 Å². The zero-order valence-electron chi connectivity index (χ0n) is 20.3. The minimum atomic E-state index is -0.587. The van der Waals surface area contributed by atoms with E-state index in [-0.39, 0.29) is 24.7 Å². The molecule has 7 nitrogen and oxygen atoms in total. The van der Waals surface area contributed by atoms with Gasteiger partial charge in [-0.1, -0.05) is 50.2 Å². The smallest absolute Gasteiger partial charge is 0.416 e. The lowest BCUT2D eigenvalue weighted by Gasteiger charge is -2.28. The van der Waals surface area contributed by atoms with E-state index in [1.165, 1.54) is 0 Å². The molecule has 3 rings (SSSR count). The molecule has 0 bridgehead atoms. The summed E-state index contributed by atoms with van der Waals surface area (Å²) in [6.45, 7) is 11.0. The van der Waals surface area contributed by atoms with Crippen molar-refractivity contribution in [2.45, 2.75) is 65.7 Å². The molecule has 0 radical (unpaired) electrons. The summed E-state index contributed by atoms with van der Waals surface area (Å²) in [7, 11) is 0. The van der Waals surface area contributed by atoms with Gasteiger partial charge in [-0.2, -0.15) is 0 Å². The molecule has 2 heterocycles. The Bertz CT molecular complexity index is 923. The highest BCUT2D eigenvalue weighted by molar-refractivity contribution is 5.86. The summed E-state index contributed by atoms with van der Waals surface area (Å²) in [5, 5.41) is 0. The van der Waals surface area contributed by atoms with Crippen molar-refractivity contribution in [2.24, 2.45) is 5.92 Å². The number of likely N-dealkylation sites (tertiary alicyclic amines) is 1. The second-order valence-electron chi connectivity index (χ2n) is 9.83. The van der Waals surface area contributed by atoms with Gasteiger partial charge < -0.3 is 14.4 Å². The van der Waals surface area contributed by atoms with Gasteiger partial charge in [0.1, 0.15) is 18.0 Å². The van der Waals surface area contributed by atoms with Gasteiger partial charge in [0.15, 0.2) is 0 Å². The molecule has 2 aromatic rings. The Kier molecular flexibility index (Phi) is 7.95. The first kappa shape index (κ1) is 24.6. The van der Waals surface area contributed by atoms with Crippen LogP contribution in [0.5, 0.6) is 0 Å². The highest BCUT2D eigenvalue weighted by Gasteiger charge is 2.32. The van der Waals surface area contributed by atoms with Crippen LogP contribution in [0.2, 0.25) is 0 Å². The van der Waals surface area contributed by atoms with E-state index in [9.17, 15) is 9.59 Å². The molecule has 0 aliphatic carbocycles. The number of carbonyl (C=O) groups is 2. The molecule has 0 spiro atoms. The maximum Gasteiger partial charge on any atom is 0.416 e. The van der Waals surface area contributed by atoms with Gasteiger partial charge in [0, 0.05) is 19.3 Å². The molecule has 1 aliphatic rings. The number of amides is 2. The molecule has 0 saturated carbocycles. The van der Waals surface area contributed by atoms with Crippen LogP contribution in [0.15, 0.2) is 48.7 Å². The quantitative estimate of drug-likeness (QED) is 0.540. The fraction of sp³-hybridized carbons (Fsp3) is 0.500. The molecular formula is C26H35N3O4. The van der Waals surface area contributed by atoms with Crippen LogP contribution in [-0.4, -0.2) is 40.8 Å². The standard InChI is InChI=1S/C26H35N3O4/c1-19(2)17-29(25(31)33-26(3,4)5)23-14-13-21(16-27-23)22-12-9-15-28(22)24(30)32-18-20-10-7-6-8-11-20/h6-8,10-11,13-14,16,19,22H,9,12,15,17-18H2,1-5H3. The zero-order valence-corrected chi connectivity index (χ0v) is 20.3. The number of aromatic nitrogens is 1. The Hall–Kier alpha value is -3.09. The zero-order chi connectivity index (χ0) is 24.0. The largest absolute Gasteiger partial charge is 0.445 e. The number of hydrogen-bond acceptors (Lipinski definition) is 5. The lowest BCUT2D eigenvalue weighted by Crippen LogP contribution is -2.39. The van der Waals surface area contributed by atoms with Crippen molar-refractivity contribution in [1.82, 2.24) is 9.88 Å². The van der Waals surface area contributed by atoms with Crippen LogP contribution in [0.3, 0.4) is 0 Å². The first-order valence-electron chi connectivity index (χ1n) is 11.6. The molecule has 1 aliphatic heterocycles. The molecule has 178 valence electrons. The number of pyridine rings is 1. The predicted molar refractivity (Wildman–Crippen MR) is 128 cm³/mol. The van der Waals surface area contributed by atoms with E-state index in [2.05, 4.69) is 4.98 Å². The predicted octanol–water partition coefficient (Wildman–Crippen LogP) is 5.95. The van der Waals surface area contributed by atoms with E-state index in [1.807, 2.05) is 77.1 Å². The Morgan fingerprint density at radius 1 is 1.15 bits per heavy atom. The maximum atomic E-state index is 12.8. The van der Waals surface area contributed by atoms with Crippen LogP contribution in [0.1, 0.15) is 64.6 Å². The third kappa shape index (κ3) is 6.94. The third-order valence-electron chi connectivity index (χ3n) is 5.29. The van der Waals surface area contributed by atoms with E-state index in [1.54, 1.807) is 16.0 Å². The Morgan fingerprint density at radius 3 is 2.48 bits per heavy atom. The number of carbonyl (C=O) groups excluding carboxylic acids is 2. The third-order valence-corrected chi connectivity index (χ3v) is 5.29. The van der Waals surface area contributed by atoms with Crippen molar-refractivity contribution in [1.29, 1.82) is 0 Å². The molecule has 2 amide bonds. The molecule has 0 N–H and O–H groups in total. The molecule has 33 heavy (non-hydrogen) atoms. The SMILES string of the molecule is CC(C)CN(C(=O)OC(C)(C)C)c1ccc(C2CCCN2C(=O)OCc2ccccc2)cn1. The molecular weight excluding hydrogens is 418 g/mol. The number of hydrogen-bond donors (Lipinski definition) is 0. The number of nitrogens with zero attached hydrogens (tertiary/aromatic N) is 3. The fourth-order valence-corrected chi connectivity index (χ4v) is 3.83. The van der Waals surface area contributed by atoms with Gasteiger partial charge in [-0.25, -0.2) is 14.6 Å². The second kappa shape index (κ2) is 10.7. The van der Waals surface area contributed by atoms with Gasteiger partial charge in [-0.05, 0) is 56.7 Å². The lowest BCUT2D eigenvalue weighted by molar-refractivity contribution is 0.0575. The van der Waals surface area contributed by atoms with E-state index in [4.69, 9.17) is 9.47 Å². The van der Waals surface area contributed by atoms with Crippen molar-refractivity contribution in [3.05, 3.63) is 59.8 Å². The van der Waals surface area contributed by atoms with Crippen LogP contribution in [0, 0.1) is 5.92 Å². The first-order valence-corrected chi connectivity index (χ1v) is 11.6. The molecule has 1 atom stereocenters. The average molecular weight is 454 g/mol. The van der Waals surface area contributed by atoms with Gasteiger partial charge >= 0.3 is 12.2 Å². The van der Waals surface area contributed by atoms with Crippen LogP contribution < -0.4 is 4.90 Å². The van der Waals surface area contributed by atoms with Gasteiger partial charge in [-0.15, -0.1) is 0 Å². The molecule has 1 fully saturated rings. The van der Waals surface area contributed by atoms with E-state index < -0.39 is 11.7 Å². The summed E-state index contributed by atoms with van der Waals surface area (Å²) in [6.07, 6.45) is 2.78. The van der Waals surface area contributed by atoms with Crippen molar-refractivity contribution in [2.75, 3.05) is 18.0 Å². The normalized spacial score (nSPS) is 16.1. The molecule has 1 aromatic carbocycles. The summed E-state index contributed by atoms with van der Waals surface area (Å²) >= 11 is 0. The van der Waals surface area contributed by atoms with Crippen LogP contribution in [-0.2, 0) is 16.1 Å². The molecule has 1 aromatic heterocycles. The van der Waals surface area contributed by atoms with Crippen LogP contribution >= 0.6 is 0 Å². The topological polar surface area (TPSA) is 72.0 Å². The van der Waals surface area contributed by atoms with Crippen molar-refractivity contribution >= 4 is 18.0 Å². The minimum absolute atomic E-state index is 0.0881. The second-order valence-corrected chi connectivity index (χ2v) is 9.83. The summed E-state index contributed by atoms with van der Waals surface area (Å²) in [5.41, 5.74) is 1.30. The average Bonchev–Trinajstić information content (AvgIpc) is 3.25. The van der Waals surface area contributed by atoms with Gasteiger partial charge in [0.2, 0.25) is 0 Å². The lowest BCUT2D eigenvalue weighted by atomic mass is 10.1. The fourth-order valence-electron chi connectivity index (χ4n) is 3.83. The highest BCUT2D eigenvalue weighted by atomic mass is 16.6. The Balaban J connectivity index is 1.70. The van der Waals surface area contributed by atoms with E-state index in [0.717, 1.165) is 24.0 Å². The highest BCUT2D eigenvalue weighted by Crippen LogP contribution is 2.33. The van der Waals surface area contributed by atoms with Crippen molar-refractivity contribution in [3.63, 3.8) is 0 Å². The monoisotopic (exact) mass is 453 g/mol. The van der Waals surface area contributed by atoms with Gasteiger partial charge in [0.05, 0.1) is 6.04 Å². The first-order chi connectivity index (χ1) is 15.6. The maximum absolute atomic E-state index is 12.8. The van der Waals surface area contributed by atoms with Crippen molar-refractivity contribution in [3.8, 4) is 0 Å². The molecule has 7 heteroatoms. The molecule has 1 unspecified atom stereocenters. The molecule has 1 saturated heterocycles. The summed E-state index contributed by atoms with van der Waals surface area (Å²) in [5.74, 6) is 0.793. The number of anilines is 1. The number of ether oxygens (including phenoxy) is 2. The minimum Gasteiger partial charge on any atom is -0.445 e. The van der Waals surface area contributed by atoms with Gasteiger partial charge in [0.25, 0.3) is 0 Å². The summed E-state index contributed by atoms with van der Waals surface area (Å²) in [6, 6.07) is 13.3. The van der Waals surface area contributed by atoms with E-state index >= 15 is 0 Å².